The molecule has 12 heteroatoms. The van der Waals surface area contributed by atoms with Crippen LogP contribution in [0.15, 0.2) is 21.3 Å². The number of rotatable bonds is 0. The first-order valence-corrected chi connectivity index (χ1v) is 8.78. The molecular weight excluding hydrogens is 553 g/mol. The van der Waals surface area contributed by atoms with Crippen molar-refractivity contribution in [3.63, 3.8) is 0 Å². The van der Waals surface area contributed by atoms with E-state index in [0.717, 1.165) is 6.07 Å². The normalized spacial score (nSPS) is 11.4. The Balaban J connectivity index is 0.000000483. The van der Waals surface area contributed by atoms with Gasteiger partial charge in [0.2, 0.25) is 0 Å². The summed E-state index contributed by atoms with van der Waals surface area (Å²) in [7, 11) is 0. The Morgan fingerprint density at radius 2 is 1.26 bits per heavy atom. The molecule has 152 valence electrons. The highest BCUT2D eigenvalue weighted by Crippen LogP contribution is 2.37. The largest absolute Gasteiger partial charge is 0.419 e. The van der Waals surface area contributed by atoms with Gasteiger partial charge in [0, 0.05) is 0 Å². The van der Waals surface area contributed by atoms with Gasteiger partial charge in [-0.05, 0) is 69.0 Å². The van der Waals surface area contributed by atoms with Gasteiger partial charge in [-0.15, -0.1) is 0 Å². The van der Waals surface area contributed by atoms with Crippen LogP contribution in [0.3, 0.4) is 0 Å². The molecule has 0 spiro atoms. The van der Waals surface area contributed by atoms with Crippen LogP contribution in [0.1, 0.15) is 29.7 Å². The lowest BCUT2D eigenvalue weighted by Gasteiger charge is -2.11. The first kappa shape index (κ1) is 26.4. The van der Waals surface area contributed by atoms with E-state index in [2.05, 4.69) is 41.8 Å². The molecule has 0 amide bonds. The second-order valence-corrected chi connectivity index (χ2v) is 7.16. The van der Waals surface area contributed by atoms with E-state index in [-0.39, 0.29) is 28.3 Å². The summed E-state index contributed by atoms with van der Waals surface area (Å²) in [5, 5.41) is -0.659. The van der Waals surface area contributed by atoms with Crippen molar-refractivity contribution in [2.24, 2.45) is 0 Å². The summed E-state index contributed by atoms with van der Waals surface area (Å²) in [5.74, 6) is 0. The van der Waals surface area contributed by atoms with E-state index in [0.29, 0.717) is 4.60 Å². The summed E-state index contributed by atoms with van der Waals surface area (Å²) in [6, 6.07) is 2.45. The maximum absolute atomic E-state index is 12.4. The SMILES string of the molecule is C.Cc1cc(Br)nc(Br)c1C(F)(F)F.Cc1cc(Cl)nc(Cl)c1C(F)(F)F. The van der Waals surface area contributed by atoms with Crippen molar-refractivity contribution in [1.29, 1.82) is 0 Å². The minimum atomic E-state index is -4.49. The first-order chi connectivity index (χ1) is 11.6. The molecule has 0 saturated heterocycles. The van der Waals surface area contributed by atoms with Crippen LogP contribution < -0.4 is 0 Å². The minimum Gasteiger partial charge on any atom is -0.233 e. The fourth-order valence-corrected chi connectivity index (χ4v) is 4.00. The lowest BCUT2D eigenvalue weighted by Crippen LogP contribution is -2.09. The zero-order valence-corrected chi connectivity index (χ0v) is 17.5. The van der Waals surface area contributed by atoms with E-state index in [9.17, 15) is 26.3 Å². The molecule has 0 aliphatic carbocycles. The Hall–Kier alpha value is -0.580. The second kappa shape index (κ2) is 9.76. The molecule has 2 aromatic rings. The Morgan fingerprint density at radius 1 is 0.815 bits per heavy atom. The third-order valence-corrected chi connectivity index (χ3v) is 4.30. The molecule has 0 bridgehead atoms. The number of hydrogen-bond acceptors (Lipinski definition) is 2. The summed E-state index contributed by atoms with van der Waals surface area (Å²) in [4.78, 5) is 6.93. The van der Waals surface area contributed by atoms with Crippen LogP contribution in [0.4, 0.5) is 26.3 Å². The maximum Gasteiger partial charge on any atom is 0.419 e. The average Bonchev–Trinajstić information content (AvgIpc) is 2.32. The highest BCUT2D eigenvalue weighted by molar-refractivity contribution is 9.11. The number of halogens is 10. The first-order valence-electron chi connectivity index (χ1n) is 6.44. The lowest BCUT2D eigenvalue weighted by atomic mass is 10.1. The van der Waals surface area contributed by atoms with Crippen molar-refractivity contribution in [2.45, 2.75) is 33.6 Å². The highest BCUT2D eigenvalue weighted by Gasteiger charge is 2.36. The summed E-state index contributed by atoms with van der Waals surface area (Å²) >= 11 is 16.5. The summed E-state index contributed by atoms with van der Waals surface area (Å²) < 4.78 is 74.1. The van der Waals surface area contributed by atoms with E-state index < -0.39 is 28.6 Å². The average molecular weight is 565 g/mol. The quantitative estimate of drug-likeness (QED) is 0.238. The topological polar surface area (TPSA) is 25.8 Å². The molecule has 0 unspecified atom stereocenters. The molecule has 0 aliphatic heterocycles. The number of aryl methyl sites for hydroxylation is 2. The Labute approximate surface area is 178 Å². The van der Waals surface area contributed by atoms with Crippen molar-refractivity contribution < 1.29 is 26.3 Å². The molecule has 0 N–H and O–H groups in total. The smallest absolute Gasteiger partial charge is 0.233 e. The Kier molecular flexibility index (Phi) is 9.55. The van der Waals surface area contributed by atoms with Crippen LogP contribution >= 0.6 is 55.1 Å². The molecule has 0 saturated carbocycles. The van der Waals surface area contributed by atoms with Gasteiger partial charge >= 0.3 is 12.4 Å². The highest BCUT2D eigenvalue weighted by atomic mass is 79.9. The number of nitrogens with zero attached hydrogens (tertiary/aromatic N) is 2. The van der Waals surface area contributed by atoms with Gasteiger partial charge in [-0.3, -0.25) is 0 Å². The molecule has 2 aromatic heterocycles. The van der Waals surface area contributed by atoms with E-state index in [4.69, 9.17) is 23.2 Å². The van der Waals surface area contributed by atoms with Gasteiger partial charge in [0.1, 0.15) is 19.5 Å². The van der Waals surface area contributed by atoms with Crippen LogP contribution in [0.25, 0.3) is 0 Å². The number of alkyl halides is 6. The fourth-order valence-electron chi connectivity index (χ4n) is 1.87. The second-order valence-electron chi connectivity index (χ2n) is 4.85. The van der Waals surface area contributed by atoms with Crippen molar-refractivity contribution in [3.8, 4) is 0 Å². The number of hydrogen-bond donors (Lipinski definition) is 0. The molecule has 0 aromatic carbocycles. The van der Waals surface area contributed by atoms with Gasteiger partial charge in [0.05, 0.1) is 11.1 Å². The van der Waals surface area contributed by atoms with Gasteiger partial charge in [0.25, 0.3) is 0 Å². The zero-order valence-electron chi connectivity index (χ0n) is 12.8. The number of aromatic nitrogens is 2. The molecule has 2 heterocycles. The summed E-state index contributed by atoms with van der Waals surface area (Å²) in [6.45, 7) is 2.67. The number of pyridine rings is 2. The van der Waals surface area contributed by atoms with Gasteiger partial charge < -0.3 is 0 Å². The van der Waals surface area contributed by atoms with Crippen LogP contribution in [0, 0.1) is 13.8 Å². The van der Waals surface area contributed by atoms with E-state index >= 15 is 0 Å². The third-order valence-electron chi connectivity index (χ3n) is 2.85. The van der Waals surface area contributed by atoms with Gasteiger partial charge in [-0.25, -0.2) is 9.97 Å². The third kappa shape index (κ3) is 7.40. The predicted octanol–water partition coefficient (Wildman–Crippen LogP) is 8.29. The summed E-state index contributed by atoms with van der Waals surface area (Å²) in [5.41, 5.74) is -1.55. The van der Waals surface area contributed by atoms with Crippen LogP contribution in [0.5, 0.6) is 0 Å². The van der Waals surface area contributed by atoms with E-state index in [1.807, 2.05) is 0 Å². The molecule has 0 aliphatic rings. The van der Waals surface area contributed by atoms with E-state index in [1.54, 1.807) is 0 Å². The predicted molar refractivity (Wildman–Crippen MR) is 100 cm³/mol. The van der Waals surface area contributed by atoms with Crippen LogP contribution in [0.2, 0.25) is 10.3 Å². The molecule has 2 rings (SSSR count). The van der Waals surface area contributed by atoms with Gasteiger partial charge in [-0.1, -0.05) is 30.6 Å². The molecule has 2 nitrogen and oxygen atoms in total. The van der Waals surface area contributed by atoms with Crippen LogP contribution in [-0.2, 0) is 12.4 Å². The van der Waals surface area contributed by atoms with Crippen molar-refractivity contribution >= 4 is 55.1 Å². The monoisotopic (exact) mass is 562 g/mol. The molecular formula is C15H12Br2Cl2F6N2. The molecule has 27 heavy (non-hydrogen) atoms. The Morgan fingerprint density at radius 3 is 1.63 bits per heavy atom. The fraction of sp³-hybridized carbons (Fsp3) is 0.333. The van der Waals surface area contributed by atoms with Gasteiger partial charge in [0.15, 0.2) is 0 Å². The van der Waals surface area contributed by atoms with E-state index in [1.165, 1.54) is 19.9 Å². The molecule has 0 radical (unpaired) electrons. The zero-order chi connectivity index (χ0) is 20.4. The lowest BCUT2D eigenvalue weighted by molar-refractivity contribution is -0.139. The molecule has 0 atom stereocenters. The summed E-state index contributed by atoms with van der Waals surface area (Å²) in [6.07, 6.45) is -8.85. The van der Waals surface area contributed by atoms with Crippen molar-refractivity contribution in [1.82, 2.24) is 9.97 Å². The van der Waals surface area contributed by atoms with Crippen LogP contribution in [-0.4, -0.2) is 9.97 Å². The standard InChI is InChI=1S/C7H4Br2F3N.C7H4Cl2F3N.CH4/c2*1-3-2-4(8)13-6(9)5(3)7(10,11)12;/h2*2H,1H3;1H4. The maximum atomic E-state index is 12.4. The molecule has 0 fully saturated rings. The Bertz CT molecular complexity index is 696. The minimum absolute atomic E-state index is 0. The van der Waals surface area contributed by atoms with Crippen molar-refractivity contribution in [3.05, 3.63) is 53.9 Å². The van der Waals surface area contributed by atoms with Gasteiger partial charge in [-0.2, -0.15) is 26.3 Å². The van der Waals surface area contributed by atoms with Crippen molar-refractivity contribution in [2.75, 3.05) is 0 Å².